The molecule has 22 heavy (non-hydrogen) atoms. The number of anilines is 1. The van der Waals surface area contributed by atoms with Crippen molar-refractivity contribution in [3.05, 3.63) is 62.7 Å². The molecule has 0 radical (unpaired) electrons. The lowest BCUT2D eigenvalue weighted by molar-refractivity contribution is 0.0995. The zero-order chi connectivity index (χ0) is 15.7. The second-order valence-electron chi connectivity index (χ2n) is 4.83. The Bertz CT molecular complexity index is 911. The molecular formula is C16H13BrN2O3. The summed E-state index contributed by atoms with van der Waals surface area (Å²) in [5.74, 6) is -0.137. The minimum absolute atomic E-state index is 0.150. The van der Waals surface area contributed by atoms with Crippen LogP contribution in [0.1, 0.15) is 23.0 Å². The van der Waals surface area contributed by atoms with E-state index in [0.717, 1.165) is 17.4 Å². The lowest BCUT2D eigenvalue weighted by Gasteiger charge is -2.07. The number of fused-ring (bicyclic) bond motifs is 1. The van der Waals surface area contributed by atoms with Crippen molar-refractivity contribution in [3.8, 4) is 0 Å². The third-order valence-corrected chi connectivity index (χ3v) is 3.79. The van der Waals surface area contributed by atoms with Gasteiger partial charge in [0.15, 0.2) is 10.4 Å². The highest BCUT2D eigenvalue weighted by Crippen LogP contribution is 2.21. The van der Waals surface area contributed by atoms with Gasteiger partial charge >= 0.3 is 0 Å². The van der Waals surface area contributed by atoms with E-state index in [0.29, 0.717) is 15.9 Å². The molecule has 0 aliphatic heterocycles. The van der Waals surface area contributed by atoms with Gasteiger partial charge in [-0.25, -0.2) is 0 Å². The zero-order valence-electron chi connectivity index (χ0n) is 11.8. The number of amides is 1. The predicted octanol–water partition coefficient (Wildman–Crippen LogP) is 3.70. The van der Waals surface area contributed by atoms with Crippen molar-refractivity contribution >= 4 is 38.4 Å². The van der Waals surface area contributed by atoms with E-state index in [1.165, 1.54) is 0 Å². The molecule has 3 rings (SSSR count). The van der Waals surface area contributed by atoms with Gasteiger partial charge in [0.25, 0.3) is 5.91 Å². The van der Waals surface area contributed by atoms with E-state index in [4.69, 9.17) is 4.42 Å². The molecule has 2 heterocycles. The van der Waals surface area contributed by atoms with E-state index in [9.17, 15) is 9.59 Å². The number of carbonyl (C=O) groups is 1. The second-order valence-corrected chi connectivity index (χ2v) is 5.61. The maximum atomic E-state index is 12.1. The first-order valence-corrected chi connectivity index (χ1v) is 7.59. The first kappa shape index (κ1) is 14.6. The number of hydrogen-bond acceptors (Lipinski definition) is 3. The summed E-state index contributed by atoms with van der Waals surface area (Å²) in [6.45, 7) is 2.00. The summed E-state index contributed by atoms with van der Waals surface area (Å²) in [4.78, 5) is 26.5. The highest BCUT2D eigenvalue weighted by atomic mass is 79.9. The van der Waals surface area contributed by atoms with E-state index in [1.54, 1.807) is 30.3 Å². The number of aromatic amines is 1. The lowest BCUT2D eigenvalue weighted by atomic mass is 10.1. The Hall–Kier alpha value is -2.34. The van der Waals surface area contributed by atoms with Crippen molar-refractivity contribution in [3.63, 3.8) is 0 Å². The van der Waals surface area contributed by atoms with Gasteiger partial charge in [-0.3, -0.25) is 9.59 Å². The second kappa shape index (κ2) is 5.81. The molecule has 2 aromatic heterocycles. The quantitative estimate of drug-likeness (QED) is 0.747. The molecule has 0 bridgehead atoms. The maximum Gasteiger partial charge on any atom is 0.291 e. The van der Waals surface area contributed by atoms with Crippen LogP contribution < -0.4 is 10.9 Å². The van der Waals surface area contributed by atoms with Gasteiger partial charge < -0.3 is 14.7 Å². The number of benzene rings is 1. The fourth-order valence-corrected chi connectivity index (χ4v) is 2.64. The van der Waals surface area contributed by atoms with E-state index < -0.39 is 0 Å². The SMILES string of the molecule is CCc1cc(=O)[nH]c2cc(NC(=O)c3ccc(Br)o3)ccc12. The van der Waals surface area contributed by atoms with Crippen LogP contribution in [0.25, 0.3) is 10.9 Å². The highest BCUT2D eigenvalue weighted by Gasteiger charge is 2.11. The Kier molecular flexibility index (Phi) is 3.85. The van der Waals surface area contributed by atoms with Crippen molar-refractivity contribution in [1.82, 2.24) is 4.98 Å². The Balaban J connectivity index is 1.95. The molecule has 2 N–H and O–H groups in total. The maximum absolute atomic E-state index is 12.1. The summed E-state index contributed by atoms with van der Waals surface area (Å²) >= 11 is 3.16. The Morgan fingerprint density at radius 2 is 2.09 bits per heavy atom. The number of halogens is 1. The molecule has 0 saturated heterocycles. The van der Waals surface area contributed by atoms with Crippen LogP contribution in [0.15, 0.2) is 50.3 Å². The van der Waals surface area contributed by atoms with Crippen LogP contribution in [0.5, 0.6) is 0 Å². The molecule has 0 atom stereocenters. The molecule has 0 spiro atoms. The topological polar surface area (TPSA) is 75.1 Å². The molecule has 6 heteroatoms. The number of nitrogens with one attached hydrogen (secondary N) is 2. The lowest BCUT2D eigenvalue weighted by Crippen LogP contribution is -2.11. The van der Waals surface area contributed by atoms with Crippen molar-refractivity contribution in [2.24, 2.45) is 0 Å². The number of furan rings is 1. The summed E-state index contributed by atoms with van der Waals surface area (Å²) in [7, 11) is 0. The van der Waals surface area contributed by atoms with Crippen LogP contribution in [0.4, 0.5) is 5.69 Å². The third-order valence-electron chi connectivity index (χ3n) is 3.36. The van der Waals surface area contributed by atoms with Crippen LogP contribution in [0.3, 0.4) is 0 Å². The van der Waals surface area contributed by atoms with Crippen molar-refractivity contribution < 1.29 is 9.21 Å². The fraction of sp³-hybridized carbons (Fsp3) is 0.125. The number of hydrogen-bond donors (Lipinski definition) is 2. The van der Waals surface area contributed by atoms with E-state index in [2.05, 4.69) is 26.2 Å². The van der Waals surface area contributed by atoms with Gasteiger partial charge in [0, 0.05) is 17.1 Å². The Labute approximate surface area is 134 Å². The first-order chi connectivity index (χ1) is 10.6. The Morgan fingerprint density at radius 1 is 1.27 bits per heavy atom. The molecule has 0 saturated carbocycles. The standard InChI is InChI=1S/C16H13BrN2O3/c1-2-9-7-15(20)19-12-8-10(3-4-11(9)12)18-16(21)13-5-6-14(17)22-13/h3-8H,2H2,1H3,(H,18,21)(H,19,20). The van der Waals surface area contributed by atoms with Crippen molar-refractivity contribution in [2.45, 2.75) is 13.3 Å². The third kappa shape index (κ3) is 2.82. The van der Waals surface area contributed by atoms with Crippen LogP contribution in [0, 0.1) is 0 Å². The Morgan fingerprint density at radius 3 is 2.77 bits per heavy atom. The molecular weight excluding hydrogens is 348 g/mol. The summed E-state index contributed by atoms with van der Waals surface area (Å²) in [5.41, 5.74) is 2.12. The molecule has 0 aliphatic carbocycles. The summed E-state index contributed by atoms with van der Waals surface area (Å²) in [6, 6.07) is 10.3. The molecule has 112 valence electrons. The molecule has 0 fully saturated rings. The van der Waals surface area contributed by atoms with Crippen LogP contribution in [-0.2, 0) is 6.42 Å². The van der Waals surface area contributed by atoms with Crippen LogP contribution >= 0.6 is 15.9 Å². The van der Waals surface area contributed by atoms with Gasteiger partial charge in [-0.05, 0) is 52.2 Å². The number of carbonyl (C=O) groups excluding carboxylic acids is 1. The van der Waals surface area contributed by atoms with Crippen LogP contribution in [-0.4, -0.2) is 10.9 Å². The average Bonchev–Trinajstić information content (AvgIpc) is 2.92. The molecule has 1 aromatic carbocycles. The molecule has 1 amide bonds. The summed E-state index contributed by atoms with van der Waals surface area (Å²) in [6.07, 6.45) is 0.770. The molecule has 0 aliphatic rings. The minimum Gasteiger partial charge on any atom is -0.444 e. The molecule has 5 nitrogen and oxygen atoms in total. The van der Waals surface area contributed by atoms with E-state index in [-0.39, 0.29) is 17.2 Å². The summed E-state index contributed by atoms with van der Waals surface area (Å²) < 4.78 is 5.70. The number of aryl methyl sites for hydroxylation is 1. The van der Waals surface area contributed by atoms with Crippen LogP contribution in [0.2, 0.25) is 0 Å². The first-order valence-electron chi connectivity index (χ1n) is 6.79. The van der Waals surface area contributed by atoms with E-state index in [1.807, 2.05) is 13.0 Å². The highest BCUT2D eigenvalue weighted by molar-refractivity contribution is 9.10. The predicted molar refractivity (Wildman–Crippen MR) is 88.3 cm³/mol. The largest absolute Gasteiger partial charge is 0.444 e. The fourth-order valence-electron chi connectivity index (χ4n) is 2.33. The smallest absolute Gasteiger partial charge is 0.291 e. The zero-order valence-corrected chi connectivity index (χ0v) is 13.4. The van der Waals surface area contributed by atoms with Gasteiger partial charge in [0.2, 0.25) is 5.56 Å². The van der Waals surface area contributed by atoms with Gasteiger partial charge in [-0.1, -0.05) is 13.0 Å². The van der Waals surface area contributed by atoms with Crippen molar-refractivity contribution in [2.75, 3.05) is 5.32 Å². The number of H-pyrrole nitrogens is 1. The van der Waals surface area contributed by atoms with Gasteiger partial charge in [0.1, 0.15) is 0 Å². The number of pyridine rings is 1. The molecule has 3 aromatic rings. The van der Waals surface area contributed by atoms with Crippen molar-refractivity contribution in [1.29, 1.82) is 0 Å². The van der Waals surface area contributed by atoms with Gasteiger partial charge in [-0.15, -0.1) is 0 Å². The van der Waals surface area contributed by atoms with Gasteiger partial charge in [0.05, 0.1) is 5.52 Å². The normalized spacial score (nSPS) is 10.8. The number of aromatic nitrogens is 1. The summed E-state index contributed by atoms with van der Waals surface area (Å²) in [5, 5.41) is 3.72. The average molecular weight is 361 g/mol. The van der Waals surface area contributed by atoms with E-state index >= 15 is 0 Å². The van der Waals surface area contributed by atoms with Gasteiger partial charge in [-0.2, -0.15) is 0 Å². The minimum atomic E-state index is -0.348. The molecule has 0 unspecified atom stereocenters. The monoisotopic (exact) mass is 360 g/mol. The number of rotatable bonds is 3.